The molecule has 0 spiro atoms. The molecule has 0 unspecified atom stereocenters. The van der Waals surface area contributed by atoms with Gasteiger partial charge in [-0.2, -0.15) is 0 Å². The highest BCUT2D eigenvalue weighted by atomic mass is 16.2. The summed E-state index contributed by atoms with van der Waals surface area (Å²) in [7, 11) is 1.71. The monoisotopic (exact) mass is 412 g/mol. The highest BCUT2D eigenvalue weighted by Gasteiger charge is 2.18. The zero-order valence-corrected chi connectivity index (χ0v) is 17.5. The predicted molar refractivity (Wildman–Crippen MR) is 125 cm³/mol. The molecule has 1 N–H and O–H groups in total. The first-order chi connectivity index (χ1) is 15.1. The second-order valence-electron chi connectivity index (χ2n) is 8.03. The van der Waals surface area contributed by atoms with Crippen molar-refractivity contribution in [1.29, 1.82) is 0 Å². The molecule has 6 heteroatoms. The third-order valence-corrected chi connectivity index (χ3v) is 6.14. The lowest BCUT2D eigenvalue weighted by Crippen LogP contribution is -2.29. The van der Waals surface area contributed by atoms with E-state index in [0.29, 0.717) is 11.3 Å². The van der Waals surface area contributed by atoms with Gasteiger partial charge in [0.15, 0.2) is 0 Å². The van der Waals surface area contributed by atoms with Crippen molar-refractivity contribution in [3.05, 3.63) is 76.8 Å². The van der Waals surface area contributed by atoms with Crippen molar-refractivity contribution in [3.63, 3.8) is 0 Å². The summed E-state index contributed by atoms with van der Waals surface area (Å²) in [4.78, 5) is 32.3. The normalized spacial score (nSPS) is 14.2. The Kier molecular flexibility index (Phi) is 4.90. The predicted octanol–water partition coefficient (Wildman–Crippen LogP) is 4.33. The number of fused-ring (bicyclic) bond motifs is 2. The number of piperidine rings is 1. The molecule has 156 valence electrons. The number of aromatic nitrogens is 2. The van der Waals surface area contributed by atoms with Gasteiger partial charge < -0.3 is 14.8 Å². The zero-order chi connectivity index (χ0) is 21.4. The quantitative estimate of drug-likeness (QED) is 0.544. The number of pyridine rings is 2. The van der Waals surface area contributed by atoms with Gasteiger partial charge in [0.1, 0.15) is 0 Å². The number of nitrogens with zero attached hydrogens (tertiary/aromatic N) is 3. The lowest BCUT2D eigenvalue weighted by atomic mass is 10.0. The Balaban J connectivity index is 1.56. The fraction of sp³-hybridized carbons (Fsp3) is 0.240. The molecular weight excluding hydrogens is 388 g/mol. The molecule has 0 aliphatic carbocycles. The number of carbonyl (C=O) groups excluding carboxylic acids is 1. The fourth-order valence-electron chi connectivity index (χ4n) is 4.48. The number of hydrogen-bond donors (Lipinski definition) is 1. The van der Waals surface area contributed by atoms with Gasteiger partial charge in [-0.3, -0.25) is 14.6 Å². The highest BCUT2D eigenvalue weighted by molar-refractivity contribution is 6.15. The van der Waals surface area contributed by atoms with Gasteiger partial charge in [-0.25, -0.2) is 0 Å². The van der Waals surface area contributed by atoms with E-state index in [4.69, 9.17) is 0 Å². The smallest absolute Gasteiger partial charge is 0.256 e. The van der Waals surface area contributed by atoms with Crippen molar-refractivity contribution >= 4 is 39.0 Å². The molecule has 0 saturated carbocycles. The van der Waals surface area contributed by atoms with E-state index in [2.05, 4.69) is 21.3 Å². The summed E-state index contributed by atoms with van der Waals surface area (Å²) < 4.78 is 1.55. The summed E-state index contributed by atoms with van der Waals surface area (Å²) in [6.45, 7) is 2.09. The minimum atomic E-state index is -0.301. The molecule has 1 aliphatic rings. The largest absolute Gasteiger partial charge is 0.371 e. The minimum Gasteiger partial charge on any atom is -0.371 e. The lowest BCUT2D eigenvalue weighted by molar-refractivity contribution is 0.102. The maximum absolute atomic E-state index is 13.2. The van der Waals surface area contributed by atoms with Crippen molar-refractivity contribution < 1.29 is 4.79 Å². The molecule has 6 nitrogen and oxygen atoms in total. The Hall–Kier alpha value is -3.67. The van der Waals surface area contributed by atoms with Crippen LogP contribution >= 0.6 is 0 Å². The average molecular weight is 412 g/mol. The summed E-state index contributed by atoms with van der Waals surface area (Å²) in [6.07, 6.45) is 7.24. The van der Waals surface area contributed by atoms with Crippen LogP contribution in [0.15, 0.2) is 65.7 Å². The van der Waals surface area contributed by atoms with Crippen LogP contribution in [0.5, 0.6) is 0 Å². The number of nitrogens with one attached hydrogen (secondary N) is 1. The molecule has 4 aromatic rings. The Bertz CT molecular complexity index is 1350. The van der Waals surface area contributed by atoms with Crippen LogP contribution in [0.2, 0.25) is 0 Å². The fourth-order valence-corrected chi connectivity index (χ4v) is 4.48. The van der Waals surface area contributed by atoms with E-state index < -0.39 is 0 Å². The van der Waals surface area contributed by atoms with E-state index in [0.717, 1.165) is 34.8 Å². The summed E-state index contributed by atoms with van der Waals surface area (Å²) in [6, 6.07) is 14.9. The van der Waals surface area contributed by atoms with Gasteiger partial charge in [0.25, 0.3) is 11.5 Å². The van der Waals surface area contributed by atoms with Crippen molar-refractivity contribution in [2.75, 3.05) is 23.3 Å². The van der Waals surface area contributed by atoms with Crippen LogP contribution < -0.4 is 15.8 Å². The maximum Gasteiger partial charge on any atom is 0.256 e. The standard InChI is InChI=1S/C25H24N4O2/c1-28-22-8-4-3-7-17(22)19(15-24(28)30)25(31)27-21-9-10-23(29-13-5-2-6-14-29)18-11-12-26-16-20(18)21/h3-4,7-12,15-16H,2,5-6,13-14H2,1H3,(H,27,31). The number of anilines is 2. The first-order valence-corrected chi connectivity index (χ1v) is 10.7. The first kappa shape index (κ1) is 19.3. The highest BCUT2D eigenvalue weighted by Crippen LogP contribution is 2.33. The lowest BCUT2D eigenvalue weighted by Gasteiger charge is -2.30. The third kappa shape index (κ3) is 3.44. The van der Waals surface area contributed by atoms with E-state index in [1.165, 1.54) is 31.0 Å². The Morgan fingerprint density at radius 1 is 0.968 bits per heavy atom. The summed E-state index contributed by atoms with van der Waals surface area (Å²) in [5, 5.41) is 5.74. The molecule has 3 heterocycles. The van der Waals surface area contributed by atoms with Crippen LogP contribution in [-0.2, 0) is 7.05 Å². The van der Waals surface area contributed by atoms with Crippen LogP contribution in [0.4, 0.5) is 11.4 Å². The number of amides is 1. The molecule has 2 aromatic carbocycles. The van der Waals surface area contributed by atoms with Crippen LogP contribution in [0.25, 0.3) is 21.7 Å². The SMILES string of the molecule is Cn1c(=O)cc(C(=O)Nc2ccc(N3CCCCC3)c3ccncc23)c2ccccc21. The van der Waals surface area contributed by atoms with Crippen molar-refractivity contribution in [2.24, 2.45) is 7.05 Å². The number of para-hydroxylation sites is 1. The van der Waals surface area contributed by atoms with E-state index in [1.807, 2.05) is 36.4 Å². The van der Waals surface area contributed by atoms with Gasteiger partial charge in [0.05, 0.1) is 16.8 Å². The van der Waals surface area contributed by atoms with E-state index in [-0.39, 0.29) is 11.5 Å². The molecule has 0 atom stereocenters. The molecule has 0 bridgehead atoms. The van der Waals surface area contributed by atoms with Gasteiger partial charge in [0, 0.05) is 60.4 Å². The molecule has 1 aliphatic heterocycles. The van der Waals surface area contributed by atoms with Gasteiger partial charge in [-0.1, -0.05) is 18.2 Å². The minimum absolute atomic E-state index is 0.212. The van der Waals surface area contributed by atoms with Crippen molar-refractivity contribution in [2.45, 2.75) is 19.3 Å². The average Bonchev–Trinajstić information content (AvgIpc) is 2.82. The molecular formula is C25H24N4O2. The molecule has 1 saturated heterocycles. The molecule has 5 rings (SSSR count). The summed E-state index contributed by atoms with van der Waals surface area (Å²) in [5.41, 5.74) is 2.76. The van der Waals surface area contributed by atoms with Gasteiger partial charge in [0.2, 0.25) is 0 Å². The molecule has 1 fully saturated rings. The topological polar surface area (TPSA) is 67.2 Å². The molecule has 1 amide bonds. The molecule has 2 aromatic heterocycles. The van der Waals surface area contributed by atoms with E-state index in [9.17, 15) is 9.59 Å². The van der Waals surface area contributed by atoms with E-state index >= 15 is 0 Å². The molecule has 31 heavy (non-hydrogen) atoms. The van der Waals surface area contributed by atoms with Crippen LogP contribution in [0.1, 0.15) is 29.6 Å². The van der Waals surface area contributed by atoms with Gasteiger partial charge in [-0.05, 0) is 43.5 Å². The summed E-state index contributed by atoms with van der Waals surface area (Å²) in [5.74, 6) is -0.301. The maximum atomic E-state index is 13.2. The second-order valence-corrected chi connectivity index (χ2v) is 8.03. The zero-order valence-electron chi connectivity index (χ0n) is 17.5. The van der Waals surface area contributed by atoms with Crippen LogP contribution in [0.3, 0.4) is 0 Å². The first-order valence-electron chi connectivity index (χ1n) is 10.7. The number of rotatable bonds is 3. The second kappa shape index (κ2) is 7.87. The Morgan fingerprint density at radius 3 is 2.61 bits per heavy atom. The molecule has 0 radical (unpaired) electrons. The van der Waals surface area contributed by atoms with Gasteiger partial charge in [-0.15, -0.1) is 0 Å². The Morgan fingerprint density at radius 2 is 1.77 bits per heavy atom. The number of benzene rings is 2. The van der Waals surface area contributed by atoms with Crippen molar-refractivity contribution in [3.8, 4) is 0 Å². The third-order valence-electron chi connectivity index (χ3n) is 6.14. The van der Waals surface area contributed by atoms with Gasteiger partial charge >= 0.3 is 0 Å². The van der Waals surface area contributed by atoms with Crippen molar-refractivity contribution in [1.82, 2.24) is 9.55 Å². The van der Waals surface area contributed by atoms with Crippen LogP contribution in [0, 0.1) is 0 Å². The number of carbonyl (C=O) groups is 1. The van der Waals surface area contributed by atoms with E-state index in [1.54, 1.807) is 24.0 Å². The number of hydrogen-bond acceptors (Lipinski definition) is 4. The summed E-state index contributed by atoms with van der Waals surface area (Å²) >= 11 is 0. The Labute approximate surface area is 180 Å². The van der Waals surface area contributed by atoms with Crippen LogP contribution in [-0.4, -0.2) is 28.5 Å². The number of aryl methyl sites for hydroxylation is 1.